The van der Waals surface area contributed by atoms with Crippen LogP contribution in [0.3, 0.4) is 0 Å². The van der Waals surface area contributed by atoms with Gasteiger partial charge >= 0.3 is 0 Å². The third-order valence-electron chi connectivity index (χ3n) is 4.03. The summed E-state index contributed by atoms with van der Waals surface area (Å²) in [6.07, 6.45) is 1.08. The first-order valence-electron chi connectivity index (χ1n) is 7.29. The van der Waals surface area contributed by atoms with Gasteiger partial charge in [-0.2, -0.15) is 0 Å². The number of likely N-dealkylation sites (tertiary alicyclic amines) is 1. The lowest BCUT2D eigenvalue weighted by atomic mass is 10.00. The van der Waals surface area contributed by atoms with Crippen molar-refractivity contribution in [3.8, 4) is 0 Å². The zero-order chi connectivity index (χ0) is 16.3. The maximum atomic E-state index is 12.5. The first kappa shape index (κ1) is 17.2. The second-order valence-electron chi connectivity index (χ2n) is 5.68. The van der Waals surface area contributed by atoms with E-state index in [1.165, 1.54) is 7.05 Å². The Hall–Kier alpha value is -1.11. The van der Waals surface area contributed by atoms with Crippen LogP contribution in [0.4, 0.5) is 0 Å². The van der Waals surface area contributed by atoms with Crippen molar-refractivity contribution in [2.24, 2.45) is 5.92 Å². The van der Waals surface area contributed by atoms with Crippen LogP contribution in [0.25, 0.3) is 0 Å². The van der Waals surface area contributed by atoms with Crippen molar-refractivity contribution >= 4 is 27.5 Å². The molecule has 0 unspecified atom stereocenters. The lowest BCUT2D eigenvalue weighted by molar-refractivity contribution is -0.133. The minimum absolute atomic E-state index is 0.00576. The quantitative estimate of drug-likeness (QED) is 0.883. The van der Waals surface area contributed by atoms with Crippen molar-refractivity contribution in [2.45, 2.75) is 25.0 Å². The molecule has 1 amide bonds. The first-order valence-corrected chi connectivity index (χ1v) is 9.21. The van der Waals surface area contributed by atoms with Crippen LogP contribution in [0.2, 0.25) is 5.02 Å². The van der Waals surface area contributed by atoms with E-state index in [9.17, 15) is 13.2 Å². The lowest BCUT2D eigenvalue weighted by Gasteiger charge is -2.21. The van der Waals surface area contributed by atoms with Gasteiger partial charge in [0.25, 0.3) is 0 Å². The fourth-order valence-corrected chi connectivity index (χ4v) is 4.10. The third-order valence-corrected chi connectivity index (χ3v) is 6.10. The van der Waals surface area contributed by atoms with Gasteiger partial charge in [0.15, 0.2) is 0 Å². The number of nitrogens with one attached hydrogen (secondary N) is 1. The van der Waals surface area contributed by atoms with Crippen molar-refractivity contribution in [1.29, 1.82) is 0 Å². The summed E-state index contributed by atoms with van der Waals surface area (Å²) in [6, 6.07) is 7.45. The fourth-order valence-electron chi connectivity index (χ4n) is 2.76. The molecule has 0 spiro atoms. The van der Waals surface area contributed by atoms with E-state index < -0.39 is 15.3 Å². The molecule has 0 saturated carbocycles. The highest BCUT2D eigenvalue weighted by Crippen LogP contribution is 2.21. The van der Waals surface area contributed by atoms with Gasteiger partial charge in [-0.3, -0.25) is 4.79 Å². The number of hydrogen-bond acceptors (Lipinski definition) is 3. The topological polar surface area (TPSA) is 66.5 Å². The zero-order valence-corrected chi connectivity index (χ0v) is 14.3. The summed E-state index contributed by atoms with van der Waals surface area (Å²) in [7, 11) is -1.91. The standard InChI is InChI=1S/C15H21ClN2O3S/c1-11(8-12-4-3-5-13(16)9-12)15(19)18-7-6-14(10-18)22(20,21)17-2/h3-5,9,11,14,17H,6-8,10H2,1-2H3/t11-,14+/m1/s1. The number of sulfonamides is 1. The summed E-state index contributed by atoms with van der Waals surface area (Å²) < 4.78 is 25.9. The Morgan fingerprint density at radius 3 is 2.86 bits per heavy atom. The Labute approximate surface area is 136 Å². The van der Waals surface area contributed by atoms with Crippen molar-refractivity contribution in [1.82, 2.24) is 9.62 Å². The van der Waals surface area contributed by atoms with Crippen LogP contribution in [-0.4, -0.2) is 44.6 Å². The molecule has 2 atom stereocenters. The van der Waals surface area contributed by atoms with Gasteiger partial charge in [0.1, 0.15) is 0 Å². The third kappa shape index (κ3) is 4.00. The van der Waals surface area contributed by atoms with E-state index in [1.807, 2.05) is 25.1 Å². The molecule has 1 aliphatic rings. The van der Waals surface area contributed by atoms with Crippen LogP contribution < -0.4 is 4.72 Å². The molecule has 0 aliphatic carbocycles. The highest BCUT2D eigenvalue weighted by molar-refractivity contribution is 7.90. The number of carbonyl (C=O) groups excluding carboxylic acids is 1. The van der Waals surface area contributed by atoms with Gasteiger partial charge < -0.3 is 4.90 Å². The van der Waals surface area contributed by atoms with E-state index in [0.29, 0.717) is 24.4 Å². The van der Waals surface area contributed by atoms with E-state index in [1.54, 1.807) is 11.0 Å². The SMILES string of the molecule is CNS(=O)(=O)[C@H]1CCN(C(=O)[C@H](C)Cc2cccc(Cl)c2)C1. The van der Waals surface area contributed by atoms with E-state index in [0.717, 1.165) is 5.56 Å². The number of halogens is 1. The van der Waals surface area contributed by atoms with Crippen LogP contribution in [-0.2, 0) is 21.2 Å². The Kier molecular flexibility index (Phi) is 5.47. The molecule has 1 aromatic rings. The second-order valence-corrected chi connectivity index (χ2v) is 8.28. The average molecular weight is 345 g/mol. The maximum absolute atomic E-state index is 12.5. The van der Waals surface area contributed by atoms with Crippen molar-refractivity contribution in [3.05, 3.63) is 34.9 Å². The average Bonchev–Trinajstić information content (AvgIpc) is 2.97. The molecule has 22 heavy (non-hydrogen) atoms. The number of carbonyl (C=O) groups is 1. The highest BCUT2D eigenvalue weighted by Gasteiger charge is 2.35. The van der Waals surface area contributed by atoms with Gasteiger partial charge in [-0.15, -0.1) is 0 Å². The Morgan fingerprint density at radius 2 is 2.23 bits per heavy atom. The van der Waals surface area contributed by atoms with Crippen LogP contribution >= 0.6 is 11.6 Å². The maximum Gasteiger partial charge on any atom is 0.225 e. The normalized spacial score (nSPS) is 20.1. The minimum atomic E-state index is -3.32. The number of amides is 1. The van der Waals surface area contributed by atoms with E-state index in [2.05, 4.69) is 4.72 Å². The summed E-state index contributed by atoms with van der Waals surface area (Å²) in [5, 5.41) is 0.137. The van der Waals surface area contributed by atoms with Gasteiger partial charge in [0.2, 0.25) is 15.9 Å². The Bertz CT molecular complexity index is 648. The predicted molar refractivity (Wildman–Crippen MR) is 87.3 cm³/mol. The first-order chi connectivity index (χ1) is 10.3. The summed E-state index contributed by atoms with van der Waals surface area (Å²) in [6.45, 7) is 2.62. The molecule has 2 rings (SSSR count). The molecule has 0 aromatic heterocycles. The molecule has 1 N–H and O–H groups in total. The molecular weight excluding hydrogens is 324 g/mol. The largest absolute Gasteiger partial charge is 0.341 e. The molecule has 0 radical (unpaired) electrons. The zero-order valence-electron chi connectivity index (χ0n) is 12.8. The minimum Gasteiger partial charge on any atom is -0.341 e. The Balaban J connectivity index is 1.97. The van der Waals surface area contributed by atoms with E-state index in [4.69, 9.17) is 11.6 Å². The summed E-state index contributed by atoms with van der Waals surface area (Å²) in [4.78, 5) is 14.1. The molecule has 7 heteroatoms. The van der Waals surface area contributed by atoms with Crippen LogP contribution in [0.15, 0.2) is 24.3 Å². The Morgan fingerprint density at radius 1 is 1.50 bits per heavy atom. The summed E-state index contributed by atoms with van der Waals surface area (Å²) in [5.74, 6) is -0.205. The smallest absolute Gasteiger partial charge is 0.225 e. The monoisotopic (exact) mass is 344 g/mol. The van der Waals surface area contributed by atoms with Crippen molar-refractivity contribution in [2.75, 3.05) is 20.1 Å². The summed E-state index contributed by atoms with van der Waals surface area (Å²) in [5.41, 5.74) is 1.01. The van der Waals surface area contributed by atoms with Crippen molar-refractivity contribution in [3.63, 3.8) is 0 Å². The molecule has 1 heterocycles. The molecule has 122 valence electrons. The van der Waals surface area contributed by atoms with Crippen molar-refractivity contribution < 1.29 is 13.2 Å². The van der Waals surface area contributed by atoms with E-state index in [-0.39, 0.29) is 18.4 Å². The molecule has 0 bridgehead atoms. The number of nitrogens with zero attached hydrogens (tertiary/aromatic N) is 1. The van der Waals surface area contributed by atoms with Gasteiger partial charge in [-0.1, -0.05) is 30.7 Å². The van der Waals surface area contributed by atoms with Crippen LogP contribution in [0.1, 0.15) is 18.9 Å². The molecule has 1 aliphatic heterocycles. The van der Waals surface area contributed by atoms with Gasteiger partial charge in [-0.25, -0.2) is 13.1 Å². The lowest BCUT2D eigenvalue weighted by Crippen LogP contribution is -2.38. The van der Waals surface area contributed by atoms with Crippen LogP contribution in [0.5, 0.6) is 0 Å². The molecule has 5 nitrogen and oxygen atoms in total. The van der Waals surface area contributed by atoms with E-state index >= 15 is 0 Å². The van der Waals surface area contributed by atoms with Gasteiger partial charge in [0, 0.05) is 24.0 Å². The molecule has 1 saturated heterocycles. The molecule has 1 fully saturated rings. The molecule has 1 aromatic carbocycles. The number of benzene rings is 1. The predicted octanol–water partition coefficient (Wildman–Crippen LogP) is 1.67. The fraction of sp³-hybridized carbons (Fsp3) is 0.533. The summed E-state index contributed by atoms with van der Waals surface area (Å²) >= 11 is 5.95. The second kappa shape index (κ2) is 6.98. The van der Waals surface area contributed by atoms with Gasteiger partial charge in [-0.05, 0) is 37.6 Å². The number of rotatable bonds is 5. The van der Waals surface area contributed by atoms with Gasteiger partial charge in [0.05, 0.1) is 5.25 Å². The molecular formula is C15H21ClN2O3S. The highest BCUT2D eigenvalue weighted by atomic mass is 35.5. The van der Waals surface area contributed by atoms with Crippen LogP contribution in [0, 0.1) is 5.92 Å². The number of hydrogen-bond donors (Lipinski definition) is 1.